The van der Waals surface area contributed by atoms with Crippen molar-refractivity contribution in [3.8, 4) is 0 Å². The Hall–Kier alpha value is -1.82. The van der Waals surface area contributed by atoms with Crippen LogP contribution in [0.2, 0.25) is 0 Å². The quantitative estimate of drug-likeness (QED) is 0.428. The smallest absolute Gasteiger partial charge is 0.421 e. The molecule has 0 atom stereocenters. The van der Waals surface area contributed by atoms with Gasteiger partial charge in [-0.1, -0.05) is 18.2 Å². The fourth-order valence-electron chi connectivity index (χ4n) is 3.16. The Balaban J connectivity index is 0.00000196. The van der Waals surface area contributed by atoms with E-state index >= 15 is 0 Å². The number of hydrogen-bond donors (Lipinski definition) is 0. The van der Waals surface area contributed by atoms with Gasteiger partial charge in [0.2, 0.25) is 0 Å². The Labute approximate surface area is 177 Å². The summed E-state index contributed by atoms with van der Waals surface area (Å²) in [5.41, 5.74) is 2.83. The second kappa shape index (κ2) is 10.1. The van der Waals surface area contributed by atoms with Crippen LogP contribution in [-0.4, -0.2) is 43.1 Å². The van der Waals surface area contributed by atoms with Gasteiger partial charge in [0.1, 0.15) is 5.56 Å². The predicted molar refractivity (Wildman–Crippen MR) is 95.5 cm³/mol. The number of hydrogen-bond acceptors (Lipinski definition) is 2. The first-order chi connectivity index (χ1) is 12.3. The van der Waals surface area contributed by atoms with Gasteiger partial charge in [-0.25, -0.2) is 0 Å². The molecule has 3 radical (unpaired) electrons. The molecule has 0 fully saturated rings. The minimum absolute atomic E-state index is 0. The molecule has 0 saturated carbocycles. The molecule has 0 spiro atoms. The SMILES string of the molecule is O=C(N1CCc2ccc(CCn3cc[c-]cc3=O)cc2CC1)C(F)(F)F.[B].[W]. The van der Waals surface area contributed by atoms with Crippen LogP contribution in [0.1, 0.15) is 16.7 Å². The Morgan fingerprint density at radius 1 is 1.14 bits per heavy atom. The van der Waals surface area contributed by atoms with Crippen LogP contribution in [0.25, 0.3) is 0 Å². The maximum Gasteiger partial charge on any atom is 0.471 e. The first-order valence-corrected chi connectivity index (χ1v) is 8.38. The monoisotopic (exact) mass is 558 g/mol. The molecule has 2 aromatic rings. The molecular formula is C19H18BF3N2O2W-. The summed E-state index contributed by atoms with van der Waals surface area (Å²) < 4.78 is 39.5. The van der Waals surface area contributed by atoms with E-state index in [1.807, 2.05) is 18.2 Å². The molecule has 1 aliphatic heterocycles. The van der Waals surface area contributed by atoms with Gasteiger partial charge in [0, 0.05) is 49.1 Å². The molecule has 1 aliphatic rings. The third-order valence-corrected chi connectivity index (χ3v) is 4.58. The first kappa shape index (κ1) is 24.2. The van der Waals surface area contributed by atoms with Gasteiger partial charge in [-0.2, -0.15) is 25.3 Å². The summed E-state index contributed by atoms with van der Waals surface area (Å²) in [6.45, 7) is 0.647. The Bertz CT molecular complexity index is 871. The van der Waals surface area contributed by atoms with E-state index in [-0.39, 0.29) is 48.1 Å². The summed E-state index contributed by atoms with van der Waals surface area (Å²) >= 11 is 0. The van der Waals surface area contributed by atoms with Gasteiger partial charge in [-0.15, -0.1) is 12.3 Å². The van der Waals surface area contributed by atoms with Crippen molar-refractivity contribution in [2.75, 3.05) is 13.1 Å². The van der Waals surface area contributed by atoms with Gasteiger partial charge in [-0.05, 0) is 36.0 Å². The summed E-state index contributed by atoms with van der Waals surface area (Å²) in [6, 6.07) is 11.6. The zero-order valence-electron chi connectivity index (χ0n) is 15.0. The summed E-state index contributed by atoms with van der Waals surface area (Å²) in [4.78, 5) is 24.0. The van der Waals surface area contributed by atoms with Crippen LogP contribution in [0.3, 0.4) is 0 Å². The molecule has 1 amide bonds. The number of benzene rings is 1. The third kappa shape index (κ3) is 5.84. The summed E-state index contributed by atoms with van der Waals surface area (Å²) in [7, 11) is 0. The summed E-state index contributed by atoms with van der Waals surface area (Å²) in [5, 5.41) is 0. The molecule has 0 bridgehead atoms. The molecule has 0 N–H and O–H groups in total. The minimum atomic E-state index is -4.83. The molecule has 0 aliphatic carbocycles. The first-order valence-electron chi connectivity index (χ1n) is 8.38. The number of halogens is 3. The molecule has 4 nitrogen and oxygen atoms in total. The zero-order valence-corrected chi connectivity index (χ0v) is 18.0. The van der Waals surface area contributed by atoms with Crippen LogP contribution in [0.15, 0.2) is 41.3 Å². The second-order valence-electron chi connectivity index (χ2n) is 6.30. The number of carbonyl (C=O) groups excluding carboxylic acids is 1. The van der Waals surface area contributed by atoms with Gasteiger partial charge in [0.15, 0.2) is 0 Å². The molecule has 9 heteroatoms. The minimum Gasteiger partial charge on any atom is -0.421 e. The van der Waals surface area contributed by atoms with Crippen molar-refractivity contribution in [1.82, 2.24) is 9.47 Å². The maximum atomic E-state index is 12.6. The number of aryl methyl sites for hydroxylation is 2. The van der Waals surface area contributed by atoms with E-state index in [4.69, 9.17) is 0 Å². The van der Waals surface area contributed by atoms with Crippen LogP contribution in [0, 0.1) is 6.07 Å². The molecule has 0 saturated heterocycles. The third-order valence-electron chi connectivity index (χ3n) is 4.58. The van der Waals surface area contributed by atoms with Crippen LogP contribution >= 0.6 is 0 Å². The van der Waals surface area contributed by atoms with Crippen LogP contribution in [0.5, 0.6) is 0 Å². The normalized spacial score (nSPS) is 13.6. The number of pyridine rings is 1. The number of aromatic nitrogens is 1. The van der Waals surface area contributed by atoms with Gasteiger partial charge >= 0.3 is 12.1 Å². The van der Waals surface area contributed by atoms with Gasteiger partial charge in [0.05, 0.1) is 0 Å². The van der Waals surface area contributed by atoms with E-state index in [1.165, 1.54) is 6.07 Å². The topological polar surface area (TPSA) is 42.3 Å². The van der Waals surface area contributed by atoms with Gasteiger partial charge in [-0.3, -0.25) is 4.79 Å². The van der Waals surface area contributed by atoms with E-state index < -0.39 is 12.1 Å². The molecule has 147 valence electrons. The number of carbonyl (C=O) groups is 1. The van der Waals surface area contributed by atoms with Crippen LogP contribution in [0.4, 0.5) is 13.2 Å². The zero-order chi connectivity index (χ0) is 18.7. The molecule has 28 heavy (non-hydrogen) atoms. The molecule has 2 heterocycles. The molecular weight excluding hydrogens is 540 g/mol. The van der Waals surface area contributed by atoms with Crippen molar-refractivity contribution in [2.24, 2.45) is 0 Å². The van der Waals surface area contributed by atoms with E-state index in [2.05, 4.69) is 6.07 Å². The Morgan fingerprint density at radius 3 is 2.46 bits per heavy atom. The van der Waals surface area contributed by atoms with Crippen molar-refractivity contribution in [3.63, 3.8) is 0 Å². The van der Waals surface area contributed by atoms with Crippen LogP contribution in [-0.2, 0) is 51.7 Å². The van der Waals surface area contributed by atoms with Crippen molar-refractivity contribution < 1.29 is 39.0 Å². The standard InChI is InChI=1S/C19H18F3N2O2.B.W/c20-19(21,22)18(26)24-11-7-15-5-4-14(13-16(15)8-12-24)6-10-23-9-2-1-3-17(23)25;;/h2-5,9,13H,6-8,10-12H2;;/q-1;;. The fraction of sp³-hybridized carbons (Fsp3) is 0.368. The van der Waals surface area contributed by atoms with Crippen molar-refractivity contribution >= 4 is 14.3 Å². The number of fused-ring (bicyclic) bond motifs is 1. The average Bonchev–Trinajstić information content (AvgIpc) is 2.81. The van der Waals surface area contributed by atoms with E-state index in [0.29, 0.717) is 25.8 Å². The van der Waals surface area contributed by atoms with E-state index in [9.17, 15) is 22.8 Å². The second-order valence-corrected chi connectivity index (χ2v) is 6.30. The Kier molecular flexibility index (Phi) is 8.74. The fourth-order valence-corrected chi connectivity index (χ4v) is 3.16. The summed E-state index contributed by atoms with van der Waals surface area (Å²) in [6.07, 6.45) is -1.71. The number of amides is 1. The van der Waals surface area contributed by atoms with Crippen molar-refractivity contribution in [1.29, 1.82) is 0 Å². The number of nitrogens with zero attached hydrogens (tertiary/aromatic N) is 2. The summed E-state index contributed by atoms with van der Waals surface area (Å²) in [5.74, 6) is -1.77. The molecule has 1 aromatic carbocycles. The van der Waals surface area contributed by atoms with Gasteiger partial charge < -0.3 is 14.3 Å². The van der Waals surface area contributed by atoms with Crippen molar-refractivity contribution in [2.45, 2.75) is 32.0 Å². The molecule has 3 rings (SSSR count). The number of alkyl halides is 3. The van der Waals surface area contributed by atoms with Crippen LogP contribution < -0.4 is 5.56 Å². The largest absolute Gasteiger partial charge is 0.471 e. The Morgan fingerprint density at radius 2 is 1.82 bits per heavy atom. The van der Waals surface area contributed by atoms with Gasteiger partial charge in [0.25, 0.3) is 0 Å². The predicted octanol–water partition coefficient (Wildman–Crippen LogP) is 2.00. The molecule has 1 aromatic heterocycles. The van der Waals surface area contributed by atoms with Crippen molar-refractivity contribution in [3.05, 3.63) is 69.6 Å². The maximum absolute atomic E-state index is 12.6. The number of rotatable bonds is 3. The molecule has 0 unspecified atom stereocenters. The average molecular weight is 558 g/mol. The van der Waals surface area contributed by atoms with E-state index in [1.54, 1.807) is 16.8 Å². The van der Waals surface area contributed by atoms with E-state index in [0.717, 1.165) is 21.6 Å².